The third-order valence-electron chi connectivity index (χ3n) is 2.87. The Bertz CT molecular complexity index is 529. The normalized spacial score (nSPS) is 18.8. The number of aryl methyl sites for hydroxylation is 1. The van der Waals surface area contributed by atoms with Gasteiger partial charge in [0.25, 0.3) is 0 Å². The van der Waals surface area contributed by atoms with Gasteiger partial charge in [-0.05, 0) is 22.9 Å². The van der Waals surface area contributed by atoms with E-state index >= 15 is 0 Å². The fourth-order valence-electron chi connectivity index (χ4n) is 1.86. The first-order valence-corrected chi connectivity index (χ1v) is 6.69. The zero-order valence-electron chi connectivity index (χ0n) is 10.3. The van der Waals surface area contributed by atoms with Crippen molar-refractivity contribution < 1.29 is 14.3 Å². The molecule has 0 saturated carbocycles. The van der Waals surface area contributed by atoms with Crippen molar-refractivity contribution in [2.75, 3.05) is 18.6 Å². The number of esters is 1. The standard InChI is InChI=1S/C11H11BrClN3O3/c1-5-8(12)9(13)15-11(14-5)16-4-6(3-7(16)17)10(18)19-2/h6H,3-4H2,1-2H3. The van der Waals surface area contributed by atoms with Gasteiger partial charge < -0.3 is 4.74 Å². The Morgan fingerprint density at radius 1 is 1.53 bits per heavy atom. The van der Waals surface area contributed by atoms with E-state index in [1.54, 1.807) is 6.92 Å². The Morgan fingerprint density at radius 3 is 2.79 bits per heavy atom. The van der Waals surface area contributed by atoms with E-state index in [9.17, 15) is 9.59 Å². The van der Waals surface area contributed by atoms with Crippen molar-refractivity contribution in [1.82, 2.24) is 9.97 Å². The van der Waals surface area contributed by atoms with E-state index in [4.69, 9.17) is 11.6 Å². The summed E-state index contributed by atoms with van der Waals surface area (Å²) in [5.41, 5.74) is 0.629. The second kappa shape index (κ2) is 5.42. The molecule has 8 heteroatoms. The largest absolute Gasteiger partial charge is 0.469 e. The van der Waals surface area contributed by atoms with Gasteiger partial charge in [-0.2, -0.15) is 4.98 Å². The van der Waals surface area contributed by atoms with E-state index in [1.807, 2.05) is 0 Å². The lowest BCUT2D eigenvalue weighted by molar-refractivity contribution is -0.145. The summed E-state index contributed by atoms with van der Waals surface area (Å²) >= 11 is 9.19. The van der Waals surface area contributed by atoms with Crippen LogP contribution in [0.5, 0.6) is 0 Å². The van der Waals surface area contributed by atoms with E-state index in [-0.39, 0.29) is 30.0 Å². The number of ether oxygens (including phenoxy) is 1. The maximum atomic E-state index is 11.9. The number of carbonyl (C=O) groups is 2. The fourth-order valence-corrected chi connectivity index (χ4v) is 2.25. The number of amides is 1. The summed E-state index contributed by atoms with van der Waals surface area (Å²) in [7, 11) is 1.30. The minimum Gasteiger partial charge on any atom is -0.469 e. The highest BCUT2D eigenvalue weighted by Gasteiger charge is 2.37. The summed E-state index contributed by atoms with van der Waals surface area (Å²) in [5.74, 6) is -0.894. The number of aromatic nitrogens is 2. The maximum absolute atomic E-state index is 11.9. The van der Waals surface area contributed by atoms with Gasteiger partial charge in [-0.25, -0.2) is 4.98 Å². The van der Waals surface area contributed by atoms with Crippen LogP contribution in [0.15, 0.2) is 4.47 Å². The molecular weight excluding hydrogens is 337 g/mol. The van der Waals surface area contributed by atoms with Crippen LogP contribution < -0.4 is 4.90 Å². The highest BCUT2D eigenvalue weighted by Crippen LogP contribution is 2.28. The molecule has 1 unspecified atom stereocenters. The van der Waals surface area contributed by atoms with E-state index in [0.717, 1.165) is 0 Å². The lowest BCUT2D eigenvalue weighted by atomic mass is 10.1. The van der Waals surface area contributed by atoms with Crippen molar-refractivity contribution in [3.63, 3.8) is 0 Å². The third kappa shape index (κ3) is 2.71. The Hall–Kier alpha value is -1.21. The maximum Gasteiger partial charge on any atom is 0.311 e. The van der Waals surface area contributed by atoms with Gasteiger partial charge in [0.2, 0.25) is 11.9 Å². The lowest BCUT2D eigenvalue weighted by Crippen LogP contribution is -2.28. The van der Waals surface area contributed by atoms with E-state index in [1.165, 1.54) is 12.0 Å². The number of anilines is 1. The molecule has 1 amide bonds. The van der Waals surface area contributed by atoms with Gasteiger partial charge in [0.1, 0.15) is 5.15 Å². The molecule has 1 aromatic heterocycles. The molecule has 0 spiro atoms. The number of hydrogen-bond acceptors (Lipinski definition) is 5. The van der Waals surface area contributed by atoms with Crippen LogP contribution in [0.1, 0.15) is 12.1 Å². The zero-order chi connectivity index (χ0) is 14.2. The van der Waals surface area contributed by atoms with Crippen LogP contribution in [0.3, 0.4) is 0 Å². The summed E-state index contributed by atoms with van der Waals surface area (Å²) < 4.78 is 5.23. The van der Waals surface area contributed by atoms with Gasteiger partial charge in [0, 0.05) is 13.0 Å². The van der Waals surface area contributed by atoms with Gasteiger partial charge in [-0.1, -0.05) is 11.6 Å². The first-order chi connectivity index (χ1) is 8.93. The van der Waals surface area contributed by atoms with Crippen molar-refractivity contribution in [3.8, 4) is 0 Å². The topological polar surface area (TPSA) is 72.4 Å². The summed E-state index contributed by atoms with van der Waals surface area (Å²) in [4.78, 5) is 32.9. The molecule has 1 fully saturated rings. The second-order valence-corrected chi connectivity index (χ2v) is 5.29. The zero-order valence-corrected chi connectivity index (χ0v) is 12.7. The summed E-state index contributed by atoms with van der Waals surface area (Å²) in [6.45, 7) is 1.96. The second-order valence-electron chi connectivity index (χ2n) is 4.14. The summed E-state index contributed by atoms with van der Waals surface area (Å²) in [5, 5.41) is 0.233. The molecule has 1 aromatic rings. The number of rotatable bonds is 2. The predicted molar refractivity (Wildman–Crippen MR) is 72.0 cm³/mol. The Morgan fingerprint density at radius 2 is 2.21 bits per heavy atom. The van der Waals surface area contributed by atoms with Crippen molar-refractivity contribution in [2.24, 2.45) is 5.92 Å². The number of halogens is 2. The predicted octanol–water partition coefficient (Wildman–Crippen LogP) is 1.73. The molecule has 1 aliphatic heterocycles. The first-order valence-electron chi connectivity index (χ1n) is 5.52. The summed E-state index contributed by atoms with van der Waals surface area (Å²) in [6.07, 6.45) is 0.1000. The molecular formula is C11H11BrClN3O3. The van der Waals surface area contributed by atoms with E-state index in [0.29, 0.717) is 10.2 Å². The molecule has 1 aliphatic rings. The average Bonchev–Trinajstić information content (AvgIpc) is 2.76. The van der Waals surface area contributed by atoms with Gasteiger partial charge in [0.15, 0.2) is 0 Å². The minimum absolute atomic E-state index is 0.1000. The molecule has 0 radical (unpaired) electrons. The van der Waals surface area contributed by atoms with Crippen molar-refractivity contribution in [1.29, 1.82) is 0 Å². The molecule has 1 saturated heterocycles. The van der Waals surface area contributed by atoms with Crippen LogP contribution in [0.25, 0.3) is 0 Å². The van der Waals surface area contributed by atoms with Crippen molar-refractivity contribution >= 4 is 45.4 Å². The Kier molecular flexibility index (Phi) is 4.05. The van der Waals surface area contributed by atoms with Gasteiger partial charge in [0.05, 0.1) is 23.2 Å². The highest BCUT2D eigenvalue weighted by atomic mass is 79.9. The van der Waals surface area contributed by atoms with Gasteiger partial charge in [-0.15, -0.1) is 0 Å². The monoisotopic (exact) mass is 347 g/mol. The molecule has 19 heavy (non-hydrogen) atoms. The quantitative estimate of drug-likeness (QED) is 0.601. The third-order valence-corrected chi connectivity index (χ3v) is 4.32. The molecule has 2 heterocycles. The van der Waals surface area contributed by atoms with Crippen LogP contribution in [-0.2, 0) is 14.3 Å². The highest BCUT2D eigenvalue weighted by molar-refractivity contribution is 9.10. The van der Waals surface area contributed by atoms with E-state index in [2.05, 4.69) is 30.6 Å². The minimum atomic E-state index is -0.483. The van der Waals surface area contributed by atoms with Gasteiger partial charge in [-0.3, -0.25) is 14.5 Å². The molecule has 1 atom stereocenters. The van der Waals surface area contributed by atoms with Crippen LogP contribution in [0.4, 0.5) is 5.95 Å². The number of nitrogens with zero attached hydrogens (tertiary/aromatic N) is 3. The van der Waals surface area contributed by atoms with Crippen LogP contribution in [0.2, 0.25) is 5.15 Å². The van der Waals surface area contributed by atoms with Crippen molar-refractivity contribution in [3.05, 3.63) is 15.3 Å². The molecule has 6 nitrogen and oxygen atoms in total. The Labute approximate surface area is 123 Å². The first kappa shape index (κ1) is 14.2. The van der Waals surface area contributed by atoms with Crippen molar-refractivity contribution in [2.45, 2.75) is 13.3 Å². The van der Waals surface area contributed by atoms with Crippen LogP contribution in [0, 0.1) is 12.8 Å². The fraction of sp³-hybridized carbons (Fsp3) is 0.455. The van der Waals surface area contributed by atoms with Crippen LogP contribution in [-0.4, -0.2) is 35.5 Å². The van der Waals surface area contributed by atoms with E-state index < -0.39 is 11.9 Å². The Balaban J connectivity index is 2.28. The molecule has 0 aromatic carbocycles. The molecule has 102 valence electrons. The molecule has 2 rings (SSSR count). The number of carbonyl (C=O) groups excluding carboxylic acids is 2. The van der Waals surface area contributed by atoms with Gasteiger partial charge >= 0.3 is 5.97 Å². The smallest absolute Gasteiger partial charge is 0.311 e. The number of methoxy groups -OCH3 is 1. The molecule has 0 aliphatic carbocycles. The average molecular weight is 349 g/mol. The number of hydrogen-bond donors (Lipinski definition) is 0. The molecule has 0 bridgehead atoms. The van der Waals surface area contributed by atoms with Crippen LogP contribution >= 0.6 is 27.5 Å². The lowest BCUT2D eigenvalue weighted by Gasteiger charge is -2.15. The summed E-state index contributed by atoms with van der Waals surface area (Å²) in [6, 6.07) is 0. The molecule has 0 N–H and O–H groups in total. The SMILES string of the molecule is COC(=O)C1CC(=O)N(c2nc(C)c(Br)c(Cl)n2)C1.